The van der Waals surface area contributed by atoms with Gasteiger partial charge in [0.2, 0.25) is 0 Å². The third kappa shape index (κ3) is 2.73. The summed E-state index contributed by atoms with van der Waals surface area (Å²) in [4.78, 5) is 10.6. The second kappa shape index (κ2) is 5.11. The van der Waals surface area contributed by atoms with Gasteiger partial charge in [0.05, 0.1) is 11.8 Å². The summed E-state index contributed by atoms with van der Waals surface area (Å²) >= 11 is 4.76. The Morgan fingerprint density at radius 2 is 2.40 bits per heavy atom. The van der Waals surface area contributed by atoms with Crippen LogP contribution < -0.4 is 0 Å². The number of halogens is 1. The minimum absolute atomic E-state index is 0.192. The smallest absolute Gasteiger partial charge is 0.355 e. The lowest BCUT2D eigenvalue weighted by Gasteiger charge is -1.97. The SMILES string of the molecule is CCCC(=CO)C(=O)OCl. The van der Waals surface area contributed by atoms with Crippen molar-refractivity contribution in [1.29, 1.82) is 0 Å². The van der Waals surface area contributed by atoms with Crippen molar-refractivity contribution in [2.75, 3.05) is 0 Å². The molecule has 0 unspecified atom stereocenters. The monoisotopic (exact) mass is 164 g/mol. The summed E-state index contributed by atoms with van der Waals surface area (Å²) < 4.78 is 3.86. The van der Waals surface area contributed by atoms with Crippen LogP contribution in [0.25, 0.3) is 0 Å². The van der Waals surface area contributed by atoms with E-state index in [-0.39, 0.29) is 5.57 Å². The van der Waals surface area contributed by atoms with E-state index in [0.29, 0.717) is 12.7 Å². The van der Waals surface area contributed by atoms with Crippen LogP contribution >= 0.6 is 11.9 Å². The Morgan fingerprint density at radius 1 is 1.80 bits per heavy atom. The lowest BCUT2D eigenvalue weighted by molar-refractivity contribution is -0.130. The Kier molecular flexibility index (Phi) is 4.76. The third-order valence-electron chi connectivity index (χ3n) is 1.01. The van der Waals surface area contributed by atoms with Crippen LogP contribution in [0.3, 0.4) is 0 Å². The van der Waals surface area contributed by atoms with E-state index >= 15 is 0 Å². The van der Waals surface area contributed by atoms with Gasteiger partial charge in [-0.3, -0.25) is 0 Å². The van der Waals surface area contributed by atoms with Crippen molar-refractivity contribution in [3.8, 4) is 0 Å². The van der Waals surface area contributed by atoms with E-state index < -0.39 is 5.97 Å². The van der Waals surface area contributed by atoms with Gasteiger partial charge in [-0.25, -0.2) is 4.79 Å². The van der Waals surface area contributed by atoms with Crippen LogP contribution in [0.2, 0.25) is 0 Å². The summed E-state index contributed by atoms with van der Waals surface area (Å²) in [5.41, 5.74) is 0.192. The number of aliphatic hydroxyl groups is 1. The van der Waals surface area contributed by atoms with Gasteiger partial charge in [0.25, 0.3) is 0 Å². The lowest BCUT2D eigenvalue weighted by Crippen LogP contribution is -2.01. The van der Waals surface area contributed by atoms with Gasteiger partial charge < -0.3 is 9.40 Å². The molecule has 0 heterocycles. The standard InChI is InChI=1S/C6H9ClO3/c1-2-3-5(4-8)6(9)10-7/h4,8H,2-3H2,1H3. The van der Waals surface area contributed by atoms with E-state index in [1.54, 1.807) is 0 Å². The zero-order valence-electron chi connectivity index (χ0n) is 5.63. The Labute approximate surface area is 64.4 Å². The fourth-order valence-corrected chi connectivity index (χ4v) is 0.637. The Balaban J connectivity index is 3.95. The van der Waals surface area contributed by atoms with Crippen LogP contribution in [0.15, 0.2) is 11.8 Å². The molecule has 0 aliphatic rings. The summed E-state index contributed by atoms with van der Waals surface area (Å²) in [6.45, 7) is 1.88. The second-order valence-electron chi connectivity index (χ2n) is 1.77. The van der Waals surface area contributed by atoms with Crippen molar-refractivity contribution in [3.63, 3.8) is 0 Å². The van der Waals surface area contributed by atoms with Gasteiger partial charge in [0.15, 0.2) is 0 Å². The van der Waals surface area contributed by atoms with E-state index in [4.69, 9.17) is 17.0 Å². The van der Waals surface area contributed by atoms with E-state index in [2.05, 4.69) is 4.29 Å². The first-order chi connectivity index (χ1) is 4.76. The quantitative estimate of drug-likeness (QED) is 0.512. The van der Waals surface area contributed by atoms with Gasteiger partial charge >= 0.3 is 5.97 Å². The molecule has 0 radical (unpaired) electrons. The highest BCUT2D eigenvalue weighted by atomic mass is 35.5. The Bertz CT molecular complexity index is 142. The van der Waals surface area contributed by atoms with Crippen LogP contribution in [-0.4, -0.2) is 11.1 Å². The summed E-state index contributed by atoms with van der Waals surface area (Å²) in [6, 6.07) is 0. The Morgan fingerprint density at radius 3 is 2.70 bits per heavy atom. The average Bonchev–Trinajstić information content (AvgIpc) is 1.99. The molecular weight excluding hydrogens is 156 g/mol. The Hall–Kier alpha value is -0.700. The maximum atomic E-state index is 10.6. The van der Waals surface area contributed by atoms with Gasteiger partial charge in [0, 0.05) is 0 Å². The molecule has 1 N–H and O–H groups in total. The summed E-state index contributed by atoms with van der Waals surface area (Å²) in [6.07, 6.45) is 1.95. The highest BCUT2D eigenvalue weighted by Gasteiger charge is 2.08. The number of hydrogen-bond donors (Lipinski definition) is 1. The van der Waals surface area contributed by atoms with Crippen LogP contribution in [0.4, 0.5) is 0 Å². The van der Waals surface area contributed by atoms with E-state index in [1.165, 1.54) is 0 Å². The molecule has 0 spiro atoms. The van der Waals surface area contributed by atoms with Crippen LogP contribution in [0.5, 0.6) is 0 Å². The molecule has 10 heavy (non-hydrogen) atoms. The number of carbonyl (C=O) groups excluding carboxylic acids is 1. The molecule has 0 aromatic heterocycles. The van der Waals surface area contributed by atoms with Gasteiger partial charge in [-0.1, -0.05) is 13.3 Å². The van der Waals surface area contributed by atoms with Crippen molar-refractivity contribution in [2.45, 2.75) is 19.8 Å². The molecule has 0 fully saturated rings. The molecule has 0 aromatic rings. The molecule has 0 saturated carbocycles. The molecular formula is C6H9ClO3. The predicted octanol–water partition coefficient (Wildman–Crippen LogP) is 1.93. The molecule has 58 valence electrons. The van der Waals surface area contributed by atoms with Crippen molar-refractivity contribution in [2.24, 2.45) is 0 Å². The summed E-state index contributed by atoms with van der Waals surface area (Å²) in [5.74, 6) is -0.689. The minimum atomic E-state index is -0.689. The van der Waals surface area contributed by atoms with E-state index in [0.717, 1.165) is 6.42 Å². The number of hydrogen-bond acceptors (Lipinski definition) is 3. The normalized spacial score (nSPS) is 11.2. The summed E-state index contributed by atoms with van der Waals surface area (Å²) in [7, 11) is 0. The van der Waals surface area contributed by atoms with Crippen LogP contribution in [-0.2, 0) is 9.08 Å². The molecule has 0 aliphatic heterocycles. The van der Waals surface area contributed by atoms with Crippen molar-refractivity contribution >= 4 is 17.8 Å². The molecule has 0 atom stereocenters. The van der Waals surface area contributed by atoms with Gasteiger partial charge in [-0.2, -0.15) is 0 Å². The first-order valence-corrected chi connectivity index (χ1v) is 3.23. The van der Waals surface area contributed by atoms with E-state index in [9.17, 15) is 4.79 Å². The predicted molar refractivity (Wildman–Crippen MR) is 37.6 cm³/mol. The van der Waals surface area contributed by atoms with Crippen LogP contribution in [0, 0.1) is 0 Å². The van der Waals surface area contributed by atoms with Crippen molar-refractivity contribution in [3.05, 3.63) is 11.8 Å². The molecule has 4 heteroatoms. The largest absolute Gasteiger partial charge is 0.515 e. The third-order valence-corrected chi connectivity index (χ3v) is 1.15. The lowest BCUT2D eigenvalue weighted by atomic mass is 10.2. The average molecular weight is 165 g/mol. The molecule has 0 rings (SSSR count). The summed E-state index contributed by atoms with van der Waals surface area (Å²) in [5, 5.41) is 8.44. The van der Waals surface area contributed by atoms with Crippen molar-refractivity contribution < 1.29 is 14.2 Å². The zero-order valence-corrected chi connectivity index (χ0v) is 6.39. The van der Waals surface area contributed by atoms with E-state index in [1.807, 2.05) is 6.92 Å². The minimum Gasteiger partial charge on any atom is -0.515 e. The van der Waals surface area contributed by atoms with Gasteiger partial charge in [-0.15, -0.1) is 0 Å². The fourth-order valence-electron chi connectivity index (χ4n) is 0.538. The van der Waals surface area contributed by atoms with Crippen molar-refractivity contribution in [1.82, 2.24) is 0 Å². The molecule has 0 amide bonds. The molecule has 0 aliphatic carbocycles. The fraction of sp³-hybridized carbons (Fsp3) is 0.500. The zero-order chi connectivity index (χ0) is 7.98. The topological polar surface area (TPSA) is 46.5 Å². The first kappa shape index (κ1) is 9.30. The maximum absolute atomic E-state index is 10.6. The molecule has 0 saturated heterocycles. The molecule has 0 bridgehead atoms. The van der Waals surface area contributed by atoms with Crippen LogP contribution in [0.1, 0.15) is 19.8 Å². The van der Waals surface area contributed by atoms with Gasteiger partial charge in [-0.05, 0) is 6.42 Å². The molecule has 3 nitrogen and oxygen atoms in total. The highest BCUT2D eigenvalue weighted by molar-refractivity contribution is 6.15. The number of aliphatic hydroxyl groups excluding tert-OH is 1. The molecule has 0 aromatic carbocycles. The van der Waals surface area contributed by atoms with Gasteiger partial charge in [0.1, 0.15) is 11.9 Å². The number of carbonyl (C=O) groups is 1. The number of rotatable bonds is 3. The second-order valence-corrected chi connectivity index (χ2v) is 1.92. The highest BCUT2D eigenvalue weighted by Crippen LogP contribution is 2.06. The first-order valence-electron chi connectivity index (χ1n) is 2.92. The maximum Gasteiger partial charge on any atom is 0.355 e.